The van der Waals surface area contributed by atoms with Crippen LogP contribution in [0.5, 0.6) is 0 Å². The van der Waals surface area contributed by atoms with Gasteiger partial charge in [0.15, 0.2) is 5.58 Å². The van der Waals surface area contributed by atoms with Crippen molar-refractivity contribution >= 4 is 23.0 Å². The van der Waals surface area contributed by atoms with Crippen LogP contribution in [0.2, 0.25) is 0 Å². The Hall–Kier alpha value is -2.69. The molecule has 5 heteroatoms. The third kappa shape index (κ3) is 2.06. The minimum absolute atomic E-state index is 0.209. The molecule has 0 bridgehead atoms. The summed E-state index contributed by atoms with van der Waals surface area (Å²) in [7, 11) is 1.63. The van der Waals surface area contributed by atoms with Gasteiger partial charge in [-0.3, -0.25) is 14.7 Å². The number of nitrogens with zero attached hydrogens (tertiary/aromatic N) is 3. The number of oxazole rings is 1. The lowest BCUT2D eigenvalue weighted by Crippen LogP contribution is -2.26. The standard InChI is InChI=1S/C14H11N3O2/c1-17(13(18)10-5-4-8-15-9-10)14-16-11-6-2-3-7-12(11)19-14/h2-9H,1H3. The molecule has 0 atom stereocenters. The number of hydrogen-bond donors (Lipinski definition) is 0. The largest absolute Gasteiger partial charge is 0.423 e. The summed E-state index contributed by atoms with van der Waals surface area (Å²) in [5, 5.41) is 0. The molecule has 19 heavy (non-hydrogen) atoms. The van der Waals surface area contributed by atoms with Crippen molar-refractivity contribution in [3.05, 3.63) is 54.4 Å². The third-order valence-electron chi connectivity index (χ3n) is 2.78. The zero-order chi connectivity index (χ0) is 13.2. The smallest absolute Gasteiger partial charge is 0.305 e. The summed E-state index contributed by atoms with van der Waals surface area (Å²) in [6.45, 7) is 0. The summed E-state index contributed by atoms with van der Waals surface area (Å²) < 4.78 is 5.55. The van der Waals surface area contributed by atoms with Crippen LogP contribution in [0, 0.1) is 0 Å². The van der Waals surface area contributed by atoms with Crippen LogP contribution in [-0.4, -0.2) is 22.9 Å². The van der Waals surface area contributed by atoms with Crippen molar-refractivity contribution in [3.63, 3.8) is 0 Å². The molecule has 0 saturated carbocycles. The van der Waals surface area contributed by atoms with E-state index in [0.29, 0.717) is 11.1 Å². The monoisotopic (exact) mass is 253 g/mol. The van der Waals surface area contributed by atoms with Crippen LogP contribution in [0.25, 0.3) is 11.1 Å². The maximum Gasteiger partial charge on any atom is 0.305 e. The van der Waals surface area contributed by atoms with Crippen molar-refractivity contribution < 1.29 is 9.21 Å². The van der Waals surface area contributed by atoms with Gasteiger partial charge in [0.2, 0.25) is 0 Å². The number of hydrogen-bond acceptors (Lipinski definition) is 4. The van der Waals surface area contributed by atoms with Crippen molar-refractivity contribution in [2.75, 3.05) is 11.9 Å². The lowest BCUT2D eigenvalue weighted by molar-refractivity contribution is 0.0988. The van der Waals surface area contributed by atoms with E-state index in [2.05, 4.69) is 9.97 Å². The number of anilines is 1. The normalized spacial score (nSPS) is 10.6. The third-order valence-corrected chi connectivity index (χ3v) is 2.78. The number of carbonyl (C=O) groups is 1. The van der Waals surface area contributed by atoms with Gasteiger partial charge in [0.1, 0.15) is 5.52 Å². The molecule has 2 heterocycles. The fourth-order valence-corrected chi connectivity index (χ4v) is 1.77. The average molecular weight is 253 g/mol. The molecule has 94 valence electrons. The zero-order valence-electron chi connectivity index (χ0n) is 10.3. The molecular formula is C14H11N3O2. The number of pyridine rings is 1. The first-order valence-electron chi connectivity index (χ1n) is 5.79. The van der Waals surface area contributed by atoms with Crippen LogP contribution < -0.4 is 4.90 Å². The number of fused-ring (bicyclic) bond motifs is 1. The van der Waals surface area contributed by atoms with Gasteiger partial charge in [-0.1, -0.05) is 12.1 Å². The topological polar surface area (TPSA) is 59.2 Å². The van der Waals surface area contributed by atoms with E-state index >= 15 is 0 Å². The summed E-state index contributed by atoms with van der Waals surface area (Å²) >= 11 is 0. The molecule has 0 N–H and O–H groups in total. The number of para-hydroxylation sites is 2. The maximum absolute atomic E-state index is 12.2. The molecule has 0 saturated heterocycles. The lowest BCUT2D eigenvalue weighted by atomic mass is 10.2. The van der Waals surface area contributed by atoms with Crippen molar-refractivity contribution in [2.24, 2.45) is 0 Å². The second-order valence-corrected chi connectivity index (χ2v) is 4.07. The molecule has 1 aromatic carbocycles. The van der Waals surface area contributed by atoms with E-state index < -0.39 is 0 Å². The number of amides is 1. The Kier molecular flexibility index (Phi) is 2.72. The molecule has 1 amide bonds. The molecule has 0 unspecified atom stereocenters. The van der Waals surface area contributed by atoms with E-state index in [1.807, 2.05) is 24.3 Å². The number of aromatic nitrogens is 2. The van der Waals surface area contributed by atoms with Crippen LogP contribution in [0.4, 0.5) is 6.01 Å². The van der Waals surface area contributed by atoms with Gasteiger partial charge in [-0.2, -0.15) is 4.98 Å². The van der Waals surface area contributed by atoms with E-state index in [1.54, 1.807) is 25.4 Å². The lowest BCUT2D eigenvalue weighted by Gasteiger charge is -2.11. The van der Waals surface area contributed by atoms with Crippen LogP contribution in [0.1, 0.15) is 10.4 Å². The minimum atomic E-state index is -0.209. The molecule has 3 aromatic rings. The van der Waals surface area contributed by atoms with Gasteiger partial charge in [0.05, 0.1) is 5.56 Å². The molecule has 0 aliphatic rings. The first-order valence-corrected chi connectivity index (χ1v) is 5.79. The Morgan fingerprint density at radius 3 is 2.79 bits per heavy atom. The average Bonchev–Trinajstić information content (AvgIpc) is 2.90. The molecule has 3 rings (SSSR count). The molecule has 2 aromatic heterocycles. The highest BCUT2D eigenvalue weighted by molar-refractivity contribution is 6.04. The van der Waals surface area contributed by atoms with Gasteiger partial charge in [0.25, 0.3) is 5.91 Å². The van der Waals surface area contributed by atoms with Gasteiger partial charge in [0, 0.05) is 19.4 Å². The van der Waals surface area contributed by atoms with Crippen molar-refractivity contribution in [2.45, 2.75) is 0 Å². The number of rotatable bonds is 2. The van der Waals surface area contributed by atoms with Gasteiger partial charge in [-0.25, -0.2) is 0 Å². The van der Waals surface area contributed by atoms with Gasteiger partial charge in [-0.05, 0) is 24.3 Å². The Morgan fingerprint density at radius 2 is 2.05 bits per heavy atom. The van der Waals surface area contributed by atoms with Crippen LogP contribution >= 0.6 is 0 Å². The summed E-state index contributed by atoms with van der Waals surface area (Å²) in [5.74, 6) is -0.209. The molecule has 0 aliphatic carbocycles. The fraction of sp³-hybridized carbons (Fsp3) is 0.0714. The van der Waals surface area contributed by atoms with Gasteiger partial charge in [-0.15, -0.1) is 0 Å². The summed E-state index contributed by atoms with van der Waals surface area (Å²) in [6, 6.07) is 11.1. The second-order valence-electron chi connectivity index (χ2n) is 4.07. The predicted molar refractivity (Wildman–Crippen MR) is 71.0 cm³/mol. The Balaban J connectivity index is 1.95. The quantitative estimate of drug-likeness (QED) is 0.704. The summed E-state index contributed by atoms with van der Waals surface area (Å²) in [5.41, 5.74) is 1.87. The molecule has 5 nitrogen and oxygen atoms in total. The summed E-state index contributed by atoms with van der Waals surface area (Å²) in [6.07, 6.45) is 3.14. The van der Waals surface area contributed by atoms with Crippen LogP contribution in [0.15, 0.2) is 53.2 Å². The van der Waals surface area contributed by atoms with E-state index in [0.717, 1.165) is 5.52 Å². The molecular weight excluding hydrogens is 242 g/mol. The van der Waals surface area contributed by atoms with Crippen LogP contribution in [0.3, 0.4) is 0 Å². The SMILES string of the molecule is CN(C(=O)c1cccnc1)c1nc2ccccc2o1. The highest BCUT2D eigenvalue weighted by Gasteiger charge is 2.18. The van der Waals surface area contributed by atoms with Gasteiger partial charge < -0.3 is 4.42 Å². The van der Waals surface area contributed by atoms with E-state index in [4.69, 9.17) is 4.42 Å². The van der Waals surface area contributed by atoms with Crippen molar-refractivity contribution in [1.29, 1.82) is 0 Å². The molecule has 0 spiro atoms. The molecule has 0 radical (unpaired) electrons. The van der Waals surface area contributed by atoms with Crippen molar-refractivity contribution in [3.8, 4) is 0 Å². The highest BCUT2D eigenvalue weighted by Crippen LogP contribution is 2.21. The predicted octanol–water partition coefficient (Wildman–Crippen LogP) is 2.50. The highest BCUT2D eigenvalue weighted by atomic mass is 16.4. The molecule has 0 aliphatic heterocycles. The fourth-order valence-electron chi connectivity index (χ4n) is 1.77. The number of benzene rings is 1. The van der Waals surface area contributed by atoms with E-state index in [1.165, 1.54) is 11.1 Å². The Morgan fingerprint density at radius 1 is 1.21 bits per heavy atom. The first-order chi connectivity index (χ1) is 9.25. The second kappa shape index (κ2) is 4.53. The maximum atomic E-state index is 12.2. The van der Waals surface area contributed by atoms with Crippen molar-refractivity contribution in [1.82, 2.24) is 9.97 Å². The molecule has 0 fully saturated rings. The van der Waals surface area contributed by atoms with E-state index in [-0.39, 0.29) is 11.9 Å². The minimum Gasteiger partial charge on any atom is -0.423 e. The Labute approximate surface area is 109 Å². The zero-order valence-corrected chi connectivity index (χ0v) is 10.3. The number of carbonyl (C=O) groups excluding carboxylic acids is 1. The van der Waals surface area contributed by atoms with Crippen LogP contribution in [-0.2, 0) is 0 Å². The first kappa shape index (κ1) is 11.4. The van der Waals surface area contributed by atoms with E-state index in [9.17, 15) is 4.79 Å². The Bertz CT molecular complexity index is 689. The van der Waals surface area contributed by atoms with Gasteiger partial charge >= 0.3 is 6.01 Å². The summed E-state index contributed by atoms with van der Waals surface area (Å²) in [4.78, 5) is 21.8.